The molecule has 4 fully saturated rings. The molecule has 4 aliphatic rings. The molecule has 1 heteroatoms. The Balaban J connectivity index is 1.63. The van der Waals surface area contributed by atoms with Gasteiger partial charge in [0.15, 0.2) is 0 Å². The zero-order valence-electron chi connectivity index (χ0n) is 12.3. The fourth-order valence-electron chi connectivity index (χ4n) is 5.97. The molecule has 0 unspecified atom stereocenters. The van der Waals surface area contributed by atoms with E-state index in [1.807, 2.05) is 12.1 Å². The Hall–Kier alpha value is -1.50. The summed E-state index contributed by atoms with van der Waals surface area (Å²) < 4.78 is 0. The van der Waals surface area contributed by atoms with E-state index in [4.69, 9.17) is 0 Å². The van der Waals surface area contributed by atoms with Crippen LogP contribution >= 0.6 is 0 Å². The van der Waals surface area contributed by atoms with E-state index < -0.39 is 0 Å². The van der Waals surface area contributed by atoms with E-state index in [-0.39, 0.29) is 0 Å². The number of benzene rings is 2. The summed E-state index contributed by atoms with van der Waals surface area (Å²) in [6, 6.07) is 12.6. The summed E-state index contributed by atoms with van der Waals surface area (Å²) in [5.41, 5.74) is 1.24. The third kappa shape index (κ3) is 1.70. The first-order chi connectivity index (χ1) is 10.3. The number of phenolic OH excluding ortho intramolecular Hbond substituents is 1. The van der Waals surface area contributed by atoms with Crippen LogP contribution in [0.4, 0.5) is 0 Å². The molecule has 4 aliphatic carbocycles. The van der Waals surface area contributed by atoms with E-state index in [2.05, 4.69) is 24.3 Å². The van der Waals surface area contributed by atoms with Crippen LogP contribution in [0, 0.1) is 23.7 Å². The predicted molar refractivity (Wildman–Crippen MR) is 85.4 cm³/mol. The van der Waals surface area contributed by atoms with Crippen LogP contribution in [0.15, 0.2) is 36.4 Å². The summed E-state index contributed by atoms with van der Waals surface area (Å²) in [5.74, 6) is 4.81. The summed E-state index contributed by atoms with van der Waals surface area (Å²) in [5, 5.41) is 13.0. The molecule has 2 aromatic rings. The molecule has 0 spiro atoms. The fraction of sp³-hybridized carbons (Fsp3) is 0.500. The molecule has 4 saturated carbocycles. The van der Waals surface area contributed by atoms with E-state index in [1.54, 1.807) is 0 Å². The highest BCUT2D eigenvalue weighted by Crippen LogP contribution is 2.61. The molecule has 1 nitrogen and oxygen atoms in total. The highest BCUT2D eigenvalue weighted by molar-refractivity contribution is 5.89. The molecule has 0 aliphatic heterocycles. The highest BCUT2D eigenvalue weighted by atomic mass is 16.3. The van der Waals surface area contributed by atoms with Gasteiger partial charge < -0.3 is 5.11 Å². The number of hydrogen-bond donors (Lipinski definition) is 1. The summed E-state index contributed by atoms with van der Waals surface area (Å²) >= 11 is 0. The van der Waals surface area contributed by atoms with Gasteiger partial charge in [-0.2, -0.15) is 0 Å². The summed E-state index contributed by atoms with van der Waals surface area (Å²) in [6.45, 7) is 0. The van der Waals surface area contributed by atoms with Crippen LogP contribution in [-0.4, -0.2) is 5.11 Å². The zero-order chi connectivity index (χ0) is 14.0. The van der Waals surface area contributed by atoms with Gasteiger partial charge in [0.1, 0.15) is 5.75 Å². The molecular weight excluding hydrogens is 256 g/mol. The van der Waals surface area contributed by atoms with E-state index in [0.717, 1.165) is 34.4 Å². The average molecular weight is 278 g/mol. The molecule has 21 heavy (non-hydrogen) atoms. The number of aromatic hydroxyl groups is 1. The topological polar surface area (TPSA) is 20.2 Å². The van der Waals surface area contributed by atoms with Crippen LogP contribution in [0.25, 0.3) is 10.8 Å². The number of rotatable bonds is 1. The molecule has 0 aromatic heterocycles. The Morgan fingerprint density at radius 2 is 1.43 bits per heavy atom. The number of fused-ring (bicyclic) bond motifs is 1. The third-order valence-electron chi connectivity index (χ3n) is 6.52. The van der Waals surface area contributed by atoms with E-state index in [0.29, 0.717) is 11.7 Å². The van der Waals surface area contributed by atoms with Gasteiger partial charge in [0.25, 0.3) is 0 Å². The van der Waals surface area contributed by atoms with Gasteiger partial charge in [0, 0.05) is 5.39 Å². The van der Waals surface area contributed by atoms with Crippen LogP contribution in [0.2, 0.25) is 0 Å². The largest absolute Gasteiger partial charge is 0.507 e. The minimum absolute atomic E-state index is 0.561. The molecule has 4 bridgehead atoms. The summed E-state index contributed by atoms with van der Waals surface area (Å²) in [6.07, 6.45) is 7.12. The lowest BCUT2D eigenvalue weighted by molar-refractivity contribution is -0.00340. The van der Waals surface area contributed by atoms with Crippen LogP contribution in [0.5, 0.6) is 5.75 Å². The SMILES string of the molecule is Oc1c(C2C3CC4CC(C3)CC2C4)ccc2ccccc12. The molecular formula is C20H22O. The molecule has 0 amide bonds. The number of phenols is 1. The molecule has 0 heterocycles. The van der Waals surface area contributed by atoms with Gasteiger partial charge in [-0.05, 0) is 72.6 Å². The van der Waals surface area contributed by atoms with Crippen molar-refractivity contribution in [2.45, 2.75) is 38.0 Å². The lowest BCUT2D eigenvalue weighted by Gasteiger charge is -2.54. The normalized spacial score (nSPS) is 37.2. The summed E-state index contributed by atoms with van der Waals surface area (Å²) in [7, 11) is 0. The van der Waals surface area contributed by atoms with Crippen LogP contribution < -0.4 is 0 Å². The van der Waals surface area contributed by atoms with Crippen molar-refractivity contribution in [1.82, 2.24) is 0 Å². The van der Waals surface area contributed by atoms with Crippen LogP contribution in [0.3, 0.4) is 0 Å². The second kappa shape index (κ2) is 4.25. The minimum Gasteiger partial charge on any atom is -0.507 e. The first-order valence-corrected chi connectivity index (χ1v) is 8.50. The standard InChI is InChI=1S/C20H22O/c21-20-17-4-2-1-3-14(17)5-6-18(20)19-15-8-12-7-13(10-15)11-16(19)9-12/h1-6,12-13,15-16,19,21H,7-11H2. The lowest BCUT2D eigenvalue weighted by atomic mass is 9.50. The van der Waals surface area contributed by atoms with Gasteiger partial charge in [-0.15, -0.1) is 0 Å². The summed E-state index contributed by atoms with van der Waals surface area (Å²) in [4.78, 5) is 0. The quantitative estimate of drug-likeness (QED) is 0.770. The van der Waals surface area contributed by atoms with Crippen molar-refractivity contribution in [3.8, 4) is 5.75 Å². The maximum atomic E-state index is 10.8. The zero-order valence-corrected chi connectivity index (χ0v) is 12.3. The Morgan fingerprint density at radius 1 is 0.762 bits per heavy atom. The fourth-order valence-corrected chi connectivity index (χ4v) is 5.97. The first-order valence-electron chi connectivity index (χ1n) is 8.50. The van der Waals surface area contributed by atoms with Crippen molar-refractivity contribution in [1.29, 1.82) is 0 Å². The van der Waals surface area contributed by atoms with Crippen molar-refractivity contribution in [2.75, 3.05) is 0 Å². The molecule has 108 valence electrons. The molecule has 2 aromatic carbocycles. The second-order valence-electron chi connectivity index (χ2n) is 7.68. The molecule has 0 saturated heterocycles. The van der Waals surface area contributed by atoms with Gasteiger partial charge in [-0.3, -0.25) is 0 Å². The van der Waals surface area contributed by atoms with E-state index >= 15 is 0 Å². The van der Waals surface area contributed by atoms with Gasteiger partial charge >= 0.3 is 0 Å². The number of hydrogen-bond acceptors (Lipinski definition) is 1. The van der Waals surface area contributed by atoms with E-state index in [9.17, 15) is 5.11 Å². The molecule has 0 atom stereocenters. The Labute approximate surface area is 126 Å². The van der Waals surface area contributed by atoms with Crippen LogP contribution in [-0.2, 0) is 0 Å². The van der Waals surface area contributed by atoms with Gasteiger partial charge in [0.05, 0.1) is 0 Å². The smallest absolute Gasteiger partial charge is 0.126 e. The second-order valence-corrected chi connectivity index (χ2v) is 7.68. The highest BCUT2D eigenvalue weighted by Gasteiger charge is 2.49. The van der Waals surface area contributed by atoms with Crippen LogP contribution in [0.1, 0.15) is 43.6 Å². The van der Waals surface area contributed by atoms with Crippen molar-refractivity contribution in [2.24, 2.45) is 23.7 Å². The Kier molecular flexibility index (Phi) is 2.45. The Bertz CT molecular complexity index is 674. The Morgan fingerprint density at radius 3 is 2.14 bits per heavy atom. The van der Waals surface area contributed by atoms with E-state index in [1.165, 1.54) is 37.7 Å². The first kappa shape index (κ1) is 12.1. The van der Waals surface area contributed by atoms with Crippen molar-refractivity contribution >= 4 is 10.8 Å². The lowest BCUT2D eigenvalue weighted by Crippen LogP contribution is -2.43. The third-order valence-corrected chi connectivity index (χ3v) is 6.52. The maximum Gasteiger partial charge on any atom is 0.126 e. The van der Waals surface area contributed by atoms with Gasteiger partial charge in [-0.1, -0.05) is 36.4 Å². The monoisotopic (exact) mass is 278 g/mol. The maximum absolute atomic E-state index is 10.8. The van der Waals surface area contributed by atoms with Crippen molar-refractivity contribution in [3.05, 3.63) is 42.0 Å². The van der Waals surface area contributed by atoms with Crippen molar-refractivity contribution in [3.63, 3.8) is 0 Å². The predicted octanol–water partition coefficient (Wildman–Crippen LogP) is 5.09. The van der Waals surface area contributed by atoms with Gasteiger partial charge in [0.2, 0.25) is 0 Å². The molecule has 0 radical (unpaired) electrons. The average Bonchev–Trinajstić information content (AvgIpc) is 2.48. The molecule has 1 N–H and O–H groups in total. The van der Waals surface area contributed by atoms with Crippen molar-refractivity contribution < 1.29 is 5.11 Å². The molecule has 6 rings (SSSR count). The minimum atomic E-state index is 0.561. The van der Waals surface area contributed by atoms with Gasteiger partial charge in [-0.25, -0.2) is 0 Å².